The van der Waals surface area contributed by atoms with Crippen molar-refractivity contribution in [3.05, 3.63) is 45.3 Å². The molecule has 1 aromatic carbocycles. The van der Waals surface area contributed by atoms with E-state index in [0.717, 1.165) is 12.1 Å². The van der Waals surface area contributed by atoms with Crippen LogP contribution >= 0.6 is 0 Å². The van der Waals surface area contributed by atoms with E-state index >= 15 is 0 Å². The number of hydrogen-bond donors (Lipinski definition) is 0. The molecule has 0 spiro atoms. The summed E-state index contributed by atoms with van der Waals surface area (Å²) >= 11 is 0. The minimum atomic E-state index is -0.819. The Morgan fingerprint density at radius 2 is 2.18 bits per heavy atom. The van der Waals surface area contributed by atoms with Gasteiger partial charge in [0.1, 0.15) is 11.6 Å². The lowest BCUT2D eigenvalue weighted by molar-refractivity contribution is 0.111. The van der Waals surface area contributed by atoms with Gasteiger partial charge in [0, 0.05) is 17.9 Å². The van der Waals surface area contributed by atoms with Crippen LogP contribution in [0.1, 0.15) is 22.3 Å². The van der Waals surface area contributed by atoms with Gasteiger partial charge in [0.15, 0.2) is 6.29 Å². The standard InChI is InChI=1S/C11H7F2N3O/c12-10-6-9(7-17)11(13)5-8(10)3-1-2-4-15-16-14/h5-7H,2,4H2. The lowest BCUT2D eigenvalue weighted by Crippen LogP contribution is -1.93. The Balaban J connectivity index is 2.88. The van der Waals surface area contributed by atoms with Gasteiger partial charge < -0.3 is 0 Å². The van der Waals surface area contributed by atoms with Crippen LogP contribution in [0, 0.1) is 23.5 Å². The van der Waals surface area contributed by atoms with Crippen LogP contribution in [0.25, 0.3) is 10.4 Å². The summed E-state index contributed by atoms with van der Waals surface area (Å²) in [6.07, 6.45) is 0.484. The van der Waals surface area contributed by atoms with Gasteiger partial charge in [-0.25, -0.2) is 8.78 Å². The van der Waals surface area contributed by atoms with Crippen LogP contribution in [0.5, 0.6) is 0 Å². The van der Waals surface area contributed by atoms with Crippen molar-refractivity contribution in [3.63, 3.8) is 0 Å². The predicted molar refractivity (Wildman–Crippen MR) is 57.3 cm³/mol. The third kappa shape index (κ3) is 3.59. The number of nitrogens with zero attached hydrogens (tertiary/aromatic N) is 3. The van der Waals surface area contributed by atoms with Gasteiger partial charge in [-0.15, -0.1) is 0 Å². The molecule has 1 aromatic rings. The maximum Gasteiger partial charge on any atom is 0.153 e. The highest BCUT2D eigenvalue weighted by atomic mass is 19.1. The van der Waals surface area contributed by atoms with Crippen molar-refractivity contribution >= 4 is 6.29 Å². The van der Waals surface area contributed by atoms with Crippen LogP contribution in [0.15, 0.2) is 17.2 Å². The second-order valence-electron chi connectivity index (χ2n) is 2.98. The van der Waals surface area contributed by atoms with Gasteiger partial charge in [-0.3, -0.25) is 4.79 Å². The Morgan fingerprint density at radius 1 is 1.41 bits per heavy atom. The number of azide groups is 1. The average Bonchev–Trinajstić information content (AvgIpc) is 2.32. The fraction of sp³-hybridized carbons (Fsp3) is 0.182. The van der Waals surface area contributed by atoms with E-state index in [-0.39, 0.29) is 30.4 Å². The van der Waals surface area contributed by atoms with Crippen molar-refractivity contribution in [3.8, 4) is 11.8 Å². The minimum Gasteiger partial charge on any atom is -0.298 e. The van der Waals surface area contributed by atoms with Crippen molar-refractivity contribution < 1.29 is 13.6 Å². The highest BCUT2D eigenvalue weighted by Gasteiger charge is 2.07. The molecule has 0 saturated heterocycles. The minimum absolute atomic E-state index is 0.131. The SMILES string of the molecule is [N-]=[N+]=NCCC#Cc1cc(F)c(C=O)cc1F. The molecule has 0 aliphatic heterocycles. The highest BCUT2D eigenvalue weighted by Crippen LogP contribution is 2.12. The van der Waals surface area contributed by atoms with E-state index in [1.54, 1.807) is 0 Å². The number of rotatable bonds is 3. The van der Waals surface area contributed by atoms with Crippen molar-refractivity contribution in [1.29, 1.82) is 0 Å². The van der Waals surface area contributed by atoms with Crippen LogP contribution in [0.2, 0.25) is 0 Å². The molecule has 4 nitrogen and oxygen atoms in total. The number of carbonyl (C=O) groups excluding carboxylic acids is 1. The lowest BCUT2D eigenvalue weighted by Gasteiger charge is -1.97. The molecule has 0 aromatic heterocycles. The Morgan fingerprint density at radius 3 is 2.82 bits per heavy atom. The topological polar surface area (TPSA) is 65.8 Å². The van der Waals surface area contributed by atoms with Gasteiger partial charge in [0.05, 0.1) is 11.1 Å². The first-order chi connectivity index (χ1) is 8.19. The third-order valence-electron chi connectivity index (χ3n) is 1.84. The zero-order chi connectivity index (χ0) is 12.7. The zero-order valence-electron chi connectivity index (χ0n) is 8.65. The first-order valence-corrected chi connectivity index (χ1v) is 4.63. The van der Waals surface area contributed by atoms with Crippen LogP contribution in [0.3, 0.4) is 0 Å². The maximum atomic E-state index is 13.3. The molecule has 0 atom stereocenters. The number of aldehydes is 1. The Hall–Kier alpha value is -2.38. The Bertz CT molecular complexity index is 540. The summed E-state index contributed by atoms with van der Waals surface area (Å²) in [5.74, 6) is 3.35. The summed E-state index contributed by atoms with van der Waals surface area (Å²) in [5.41, 5.74) is 7.51. The van der Waals surface area contributed by atoms with Gasteiger partial charge >= 0.3 is 0 Å². The van der Waals surface area contributed by atoms with Crippen molar-refractivity contribution in [2.75, 3.05) is 6.54 Å². The predicted octanol–water partition coefficient (Wildman–Crippen LogP) is 2.83. The van der Waals surface area contributed by atoms with Gasteiger partial charge in [0.25, 0.3) is 0 Å². The first kappa shape index (κ1) is 12.7. The summed E-state index contributed by atoms with van der Waals surface area (Å²) < 4.78 is 26.4. The van der Waals surface area contributed by atoms with E-state index in [1.165, 1.54) is 0 Å². The summed E-state index contributed by atoms with van der Waals surface area (Å²) in [7, 11) is 0. The molecule has 1 rings (SSSR count). The molecule has 0 amide bonds. The van der Waals surface area contributed by atoms with Crippen molar-refractivity contribution in [2.24, 2.45) is 5.11 Å². The summed E-state index contributed by atoms with van der Waals surface area (Å²) in [6, 6.07) is 1.65. The van der Waals surface area contributed by atoms with E-state index < -0.39 is 11.6 Å². The smallest absolute Gasteiger partial charge is 0.153 e. The first-order valence-electron chi connectivity index (χ1n) is 4.63. The van der Waals surface area contributed by atoms with E-state index in [1.807, 2.05) is 0 Å². The molecule has 6 heteroatoms. The molecule has 0 saturated carbocycles. The van der Waals surface area contributed by atoms with E-state index in [9.17, 15) is 13.6 Å². The molecule has 17 heavy (non-hydrogen) atoms. The van der Waals surface area contributed by atoms with Crippen LogP contribution < -0.4 is 0 Å². The zero-order valence-corrected chi connectivity index (χ0v) is 8.65. The van der Waals surface area contributed by atoms with E-state index in [4.69, 9.17) is 5.53 Å². The largest absolute Gasteiger partial charge is 0.298 e. The molecular formula is C11H7F2N3O. The average molecular weight is 235 g/mol. The molecule has 0 radical (unpaired) electrons. The molecule has 0 unspecified atom stereocenters. The molecular weight excluding hydrogens is 228 g/mol. The third-order valence-corrected chi connectivity index (χ3v) is 1.84. The number of halogens is 2. The summed E-state index contributed by atoms with van der Waals surface area (Å²) in [6.45, 7) is 0.167. The summed E-state index contributed by atoms with van der Waals surface area (Å²) in [5, 5.41) is 3.23. The van der Waals surface area contributed by atoms with Gasteiger partial charge in [0.2, 0.25) is 0 Å². The van der Waals surface area contributed by atoms with Crippen LogP contribution in [-0.4, -0.2) is 12.8 Å². The number of benzene rings is 1. The van der Waals surface area contributed by atoms with Gasteiger partial charge in [-0.2, -0.15) is 0 Å². The maximum absolute atomic E-state index is 13.3. The molecule has 0 fully saturated rings. The Kier molecular flexibility index (Phi) is 4.67. The highest BCUT2D eigenvalue weighted by molar-refractivity contribution is 5.75. The Labute approximate surface area is 95.9 Å². The number of hydrogen-bond acceptors (Lipinski definition) is 2. The second-order valence-corrected chi connectivity index (χ2v) is 2.98. The monoisotopic (exact) mass is 235 g/mol. The molecule has 0 aliphatic rings. The van der Waals surface area contributed by atoms with Gasteiger partial charge in [-0.1, -0.05) is 17.0 Å². The lowest BCUT2D eigenvalue weighted by atomic mass is 10.1. The molecule has 0 bridgehead atoms. The van der Waals surface area contributed by atoms with Gasteiger partial charge in [-0.05, 0) is 17.7 Å². The van der Waals surface area contributed by atoms with Crippen molar-refractivity contribution in [2.45, 2.75) is 6.42 Å². The van der Waals surface area contributed by atoms with Crippen LogP contribution in [-0.2, 0) is 0 Å². The fourth-order valence-corrected chi connectivity index (χ4v) is 1.06. The molecule has 0 heterocycles. The molecule has 0 N–H and O–H groups in total. The van der Waals surface area contributed by atoms with E-state index in [0.29, 0.717) is 0 Å². The normalized spacial score (nSPS) is 8.82. The fourth-order valence-electron chi connectivity index (χ4n) is 1.06. The molecule has 86 valence electrons. The quantitative estimate of drug-likeness (QED) is 0.198. The van der Waals surface area contributed by atoms with E-state index in [2.05, 4.69) is 21.9 Å². The number of carbonyl (C=O) groups is 1. The summed E-state index contributed by atoms with van der Waals surface area (Å²) in [4.78, 5) is 12.9. The second kappa shape index (κ2) is 6.26. The van der Waals surface area contributed by atoms with Crippen molar-refractivity contribution in [1.82, 2.24) is 0 Å². The molecule has 0 aliphatic carbocycles. The van der Waals surface area contributed by atoms with Crippen LogP contribution in [0.4, 0.5) is 8.78 Å².